The zero-order valence-corrected chi connectivity index (χ0v) is 15.8. The molecular formula is C19H20BrN3O3. The number of esters is 1. The number of rotatable bonds is 3. The topological polar surface area (TPSA) is 80.3 Å². The second kappa shape index (κ2) is 6.96. The number of carbonyl (C=O) groups is 2. The molecule has 1 unspecified atom stereocenters. The highest BCUT2D eigenvalue weighted by molar-refractivity contribution is 9.10. The van der Waals surface area contributed by atoms with Gasteiger partial charge in [0.15, 0.2) is 0 Å². The van der Waals surface area contributed by atoms with Crippen LogP contribution in [0, 0.1) is 5.41 Å². The Kier molecular flexibility index (Phi) is 4.67. The summed E-state index contributed by atoms with van der Waals surface area (Å²) in [5.74, 6) is -0.371. The number of nitrogens with zero attached hydrogens (tertiary/aromatic N) is 1. The third kappa shape index (κ3) is 3.33. The summed E-state index contributed by atoms with van der Waals surface area (Å²) in [6.45, 7) is 2.00. The second-order valence-electron chi connectivity index (χ2n) is 7.03. The predicted octanol–water partition coefficient (Wildman–Crippen LogP) is 2.41. The molecule has 3 heterocycles. The van der Waals surface area contributed by atoms with Gasteiger partial charge in [0.2, 0.25) is 0 Å². The van der Waals surface area contributed by atoms with Crippen LogP contribution < -0.4 is 10.6 Å². The van der Waals surface area contributed by atoms with E-state index in [0.717, 1.165) is 41.2 Å². The Bertz CT molecular complexity index is 864. The van der Waals surface area contributed by atoms with Crippen LogP contribution >= 0.6 is 15.9 Å². The van der Waals surface area contributed by atoms with Crippen molar-refractivity contribution in [3.8, 4) is 0 Å². The van der Waals surface area contributed by atoms with Gasteiger partial charge in [-0.15, -0.1) is 0 Å². The van der Waals surface area contributed by atoms with Crippen LogP contribution in [0.4, 0.5) is 0 Å². The van der Waals surface area contributed by atoms with E-state index in [1.807, 2.05) is 18.2 Å². The molecule has 2 fully saturated rings. The van der Waals surface area contributed by atoms with E-state index in [4.69, 9.17) is 4.74 Å². The molecule has 1 spiro atoms. The van der Waals surface area contributed by atoms with Gasteiger partial charge < -0.3 is 15.4 Å². The molecule has 1 atom stereocenters. The molecule has 7 heteroatoms. The largest absolute Gasteiger partial charge is 0.460 e. The van der Waals surface area contributed by atoms with E-state index in [2.05, 4.69) is 31.5 Å². The number of halogens is 1. The highest BCUT2D eigenvalue weighted by atomic mass is 79.9. The lowest BCUT2D eigenvalue weighted by Gasteiger charge is -2.29. The maximum absolute atomic E-state index is 12.4. The molecule has 1 aromatic heterocycles. The Morgan fingerprint density at radius 3 is 2.92 bits per heavy atom. The minimum absolute atomic E-state index is 0.118. The number of nitrogens with one attached hydrogen (secondary N) is 2. The van der Waals surface area contributed by atoms with Crippen LogP contribution in [0.3, 0.4) is 0 Å². The molecular weight excluding hydrogens is 398 g/mol. The van der Waals surface area contributed by atoms with Gasteiger partial charge in [0.25, 0.3) is 5.91 Å². The van der Waals surface area contributed by atoms with Gasteiger partial charge in [-0.05, 0) is 49.5 Å². The van der Waals surface area contributed by atoms with Crippen LogP contribution in [0.25, 0.3) is 10.8 Å². The summed E-state index contributed by atoms with van der Waals surface area (Å²) >= 11 is 3.43. The minimum atomic E-state index is -0.366. The Hall–Kier alpha value is -1.99. The molecule has 2 saturated heterocycles. The number of fused-ring (bicyclic) bond motifs is 1. The summed E-state index contributed by atoms with van der Waals surface area (Å²) in [6.07, 6.45) is 3.71. The van der Waals surface area contributed by atoms with E-state index in [9.17, 15) is 9.59 Å². The van der Waals surface area contributed by atoms with Crippen LogP contribution in [0.1, 0.15) is 29.8 Å². The Morgan fingerprint density at radius 2 is 2.12 bits per heavy atom. The van der Waals surface area contributed by atoms with E-state index in [-0.39, 0.29) is 23.4 Å². The number of amides is 1. The lowest BCUT2D eigenvalue weighted by molar-refractivity contribution is -0.149. The molecule has 26 heavy (non-hydrogen) atoms. The quantitative estimate of drug-likeness (QED) is 0.749. The van der Waals surface area contributed by atoms with Crippen molar-refractivity contribution in [3.05, 3.63) is 40.6 Å². The van der Waals surface area contributed by atoms with Gasteiger partial charge in [-0.2, -0.15) is 0 Å². The lowest BCUT2D eigenvalue weighted by atomic mass is 9.76. The summed E-state index contributed by atoms with van der Waals surface area (Å²) in [5, 5.41) is 8.05. The molecule has 0 radical (unpaired) electrons. The van der Waals surface area contributed by atoms with Gasteiger partial charge in [0.1, 0.15) is 11.8 Å². The normalized spacial score (nSPS) is 21.7. The number of ether oxygens (including phenoxy) is 1. The lowest BCUT2D eigenvalue weighted by Crippen LogP contribution is -2.39. The molecule has 0 aliphatic carbocycles. The number of cyclic esters (lactones) is 1. The van der Waals surface area contributed by atoms with Crippen LogP contribution in [0.2, 0.25) is 0 Å². The first-order valence-corrected chi connectivity index (χ1v) is 9.60. The number of piperidine rings is 1. The van der Waals surface area contributed by atoms with E-state index in [0.29, 0.717) is 18.7 Å². The fraction of sp³-hybridized carbons (Fsp3) is 0.421. The second-order valence-corrected chi connectivity index (χ2v) is 7.95. The van der Waals surface area contributed by atoms with Crippen LogP contribution in [0.15, 0.2) is 34.9 Å². The molecule has 4 rings (SSSR count). The number of pyridine rings is 1. The number of hydrogen-bond acceptors (Lipinski definition) is 5. The standard InChI is InChI=1S/C19H20BrN3O3/c20-14-2-1-12-8-16(22-10-13(12)7-14)17(24)23-11-15-9-19(18(25)26-15)3-5-21-6-4-19/h1-2,7-8,10,15,21H,3-6,9,11H2,(H,23,24). The first-order chi connectivity index (χ1) is 12.6. The number of hydrogen-bond donors (Lipinski definition) is 2. The molecule has 2 aliphatic rings. The Morgan fingerprint density at radius 1 is 1.31 bits per heavy atom. The molecule has 0 bridgehead atoms. The Labute approximate surface area is 159 Å². The first-order valence-electron chi connectivity index (χ1n) is 8.81. The number of carbonyl (C=O) groups excluding carboxylic acids is 2. The van der Waals surface area contributed by atoms with Gasteiger partial charge >= 0.3 is 5.97 Å². The predicted molar refractivity (Wildman–Crippen MR) is 101 cm³/mol. The summed E-state index contributed by atoms with van der Waals surface area (Å²) in [5.41, 5.74) is -0.00406. The molecule has 136 valence electrons. The highest BCUT2D eigenvalue weighted by Gasteiger charge is 2.49. The van der Waals surface area contributed by atoms with Gasteiger partial charge in [-0.25, -0.2) is 0 Å². The fourth-order valence-corrected chi connectivity index (χ4v) is 4.18. The summed E-state index contributed by atoms with van der Waals surface area (Å²) < 4.78 is 6.49. The maximum Gasteiger partial charge on any atom is 0.312 e. The van der Waals surface area contributed by atoms with Crippen molar-refractivity contribution >= 4 is 38.6 Å². The molecule has 1 amide bonds. The average Bonchev–Trinajstić information content (AvgIpc) is 2.95. The fourth-order valence-electron chi connectivity index (χ4n) is 3.80. The molecule has 2 aromatic rings. The summed E-state index contributed by atoms with van der Waals surface area (Å²) in [6, 6.07) is 7.60. The van der Waals surface area contributed by atoms with Crippen molar-refractivity contribution in [2.45, 2.75) is 25.4 Å². The van der Waals surface area contributed by atoms with Crippen molar-refractivity contribution < 1.29 is 14.3 Å². The van der Waals surface area contributed by atoms with Crippen LogP contribution in [-0.4, -0.2) is 42.6 Å². The summed E-state index contributed by atoms with van der Waals surface area (Å²) in [7, 11) is 0. The maximum atomic E-state index is 12.4. The average molecular weight is 418 g/mol. The van der Waals surface area contributed by atoms with Crippen molar-refractivity contribution in [3.63, 3.8) is 0 Å². The third-order valence-electron chi connectivity index (χ3n) is 5.29. The van der Waals surface area contributed by atoms with E-state index >= 15 is 0 Å². The molecule has 2 aliphatic heterocycles. The van der Waals surface area contributed by atoms with Crippen LogP contribution in [-0.2, 0) is 9.53 Å². The zero-order chi connectivity index (χ0) is 18.1. The van der Waals surface area contributed by atoms with Gasteiger partial charge in [-0.1, -0.05) is 22.0 Å². The van der Waals surface area contributed by atoms with Gasteiger partial charge in [0.05, 0.1) is 12.0 Å². The molecule has 2 N–H and O–H groups in total. The van der Waals surface area contributed by atoms with Crippen molar-refractivity contribution in [2.24, 2.45) is 5.41 Å². The number of benzene rings is 1. The van der Waals surface area contributed by atoms with Gasteiger partial charge in [0, 0.05) is 22.5 Å². The van der Waals surface area contributed by atoms with E-state index < -0.39 is 0 Å². The zero-order valence-electron chi connectivity index (χ0n) is 14.3. The molecule has 6 nitrogen and oxygen atoms in total. The smallest absolute Gasteiger partial charge is 0.312 e. The molecule has 1 aromatic carbocycles. The Balaban J connectivity index is 1.40. The monoisotopic (exact) mass is 417 g/mol. The number of aromatic nitrogens is 1. The molecule has 0 saturated carbocycles. The first kappa shape index (κ1) is 17.4. The minimum Gasteiger partial charge on any atom is -0.460 e. The van der Waals surface area contributed by atoms with Crippen LogP contribution in [0.5, 0.6) is 0 Å². The third-order valence-corrected chi connectivity index (χ3v) is 5.79. The van der Waals surface area contributed by atoms with Gasteiger partial charge in [-0.3, -0.25) is 14.6 Å². The SMILES string of the molecule is O=C(NCC1CC2(CCNCC2)C(=O)O1)c1cc2ccc(Br)cc2cn1. The van der Waals surface area contributed by atoms with E-state index in [1.165, 1.54) is 0 Å². The van der Waals surface area contributed by atoms with E-state index in [1.54, 1.807) is 12.3 Å². The summed E-state index contributed by atoms with van der Waals surface area (Å²) in [4.78, 5) is 28.9. The van der Waals surface area contributed by atoms with Crippen molar-refractivity contribution in [1.82, 2.24) is 15.6 Å². The van der Waals surface area contributed by atoms with Crippen molar-refractivity contribution in [2.75, 3.05) is 19.6 Å². The van der Waals surface area contributed by atoms with Crippen molar-refractivity contribution in [1.29, 1.82) is 0 Å². The highest BCUT2D eigenvalue weighted by Crippen LogP contribution is 2.41.